The fraction of sp³-hybridized carbons (Fsp3) is 0.933. The van der Waals surface area contributed by atoms with Gasteiger partial charge in [-0.25, -0.2) is 0 Å². The van der Waals surface area contributed by atoms with Crippen LogP contribution in [0.1, 0.15) is 174 Å². The van der Waals surface area contributed by atoms with Crippen LogP contribution < -0.4 is 0 Å². The van der Waals surface area contributed by atoms with Crippen LogP contribution >= 0.6 is 0 Å². The van der Waals surface area contributed by atoms with Crippen molar-refractivity contribution in [1.29, 1.82) is 0 Å². The van der Waals surface area contributed by atoms with E-state index in [9.17, 15) is 9.59 Å². The van der Waals surface area contributed by atoms with E-state index >= 15 is 0 Å². The molecule has 1 unspecified atom stereocenters. The molecule has 4 heteroatoms. The van der Waals surface area contributed by atoms with E-state index in [0.717, 1.165) is 51.4 Å². The number of ether oxygens (including phenoxy) is 1. The molecule has 0 aliphatic carbocycles. The Labute approximate surface area is 212 Å². The number of carboxylic acids is 1. The monoisotopic (exact) mass is 482 g/mol. The van der Waals surface area contributed by atoms with Crippen LogP contribution in [0.3, 0.4) is 0 Å². The maximum Gasteiger partial charge on any atom is 0.306 e. The van der Waals surface area contributed by atoms with Crippen molar-refractivity contribution in [2.75, 3.05) is 0 Å². The highest BCUT2D eigenvalue weighted by atomic mass is 16.5. The molecule has 0 fully saturated rings. The summed E-state index contributed by atoms with van der Waals surface area (Å²) in [7, 11) is 0. The van der Waals surface area contributed by atoms with E-state index in [4.69, 9.17) is 9.84 Å². The SMILES string of the molecule is CCCCCCCCCCCCCCC(=O)OC(CC)CCCCCCCCCCCC(=O)O. The van der Waals surface area contributed by atoms with Crippen molar-refractivity contribution in [2.45, 2.75) is 180 Å². The van der Waals surface area contributed by atoms with Crippen molar-refractivity contribution in [1.82, 2.24) is 0 Å². The second-order valence-corrected chi connectivity index (χ2v) is 10.3. The summed E-state index contributed by atoms with van der Waals surface area (Å²) < 4.78 is 5.72. The summed E-state index contributed by atoms with van der Waals surface area (Å²) in [5.41, 5.74) is 0. The predicted octanol–water partition coefficient (Wildman–Crippen LogP) is 9.78. The van der Waals surface area contributed by atoms with Crippen LogP contribution in [0.2, 0.25) is 0 Å². The van der Waals surface area contributed by atoms with E-state index in [-0.39, 0.29) is 12.1 Å². The van der Waals surface area contributed by atoms with Gasteiger partial charge in [-0.2, -0.15) is 0 Å². The van der Waals surface area contributed by atoms with Gasteiger partial charge in [0.05, 0.1) is 0 Å². The number of esters is 1. The van der Waals surface area contributed by atoms with Crippen LogP contribution in [-0.2, 0) is 14.3 Å². The van der Waals surface area contributed by atoms with Crippen molar-refractivity contribution < 1.29 is 19.4 Å². The predicted molar refractivity (Wildman–Crippen MR) is 144 cm³/mol. The molecule has 0 spiro atoms. The Hall–Kier alpha value is -1.06. The minimum Gasteiger partial charge on any atom is -0.481 e. The highest BCUT2D eigenvalue weighted by molar-refractivity contribution is 5.69. The molecule has 0 radical (unpaired) electrons. The van der Waals surface area contributed by atoms with Crippen LogP contribution in [0.5, 0.6) is 0 Å². The van der Waals surface area contributed by atoms with Gasteiger partial charge in [-0.3, -0.25) is 9.59 Å². The summed E-state index contributed by atoms with van der Waals surface area (Å²) >= 11 is 0. The molecule has 0 aliphatic rings. The molecule has 1 atom stereocenters. The molecular formula is C30H58O4. The van der Waals surface area contributed by atoms with Crippen molar-refractivity contribution in [2.24, 2.45) is 0 Å². The van der Waals surface area contributed by atoms with Gasteiger partial charge in [0.15, 0.2) is 0 Å². The van der Waals surface area contributed by atoms with Crippen LogP contribution in [0, 0.1) is 0 Å². The summed E-state index contributed by atoms with van der Waals surface area (Å²) in [6, 6.07) is 0. The average molecular weight is 483 g/mol. The van der Waals surface area contributed by atoms with E-state index < -0.39 is 5.97 Å². The Kier molecular flexibility index (Phi) is 25.7. The first-order chi connectivity index (χ1) is 16.6. The third kappa shape index (κ3) is 25.6. The molecule has 0 aromatic carbocycles. The highest BCUT2D eigenvalue weighted by Crippen LogP contribution is 2.16. The fourth-order valence-corrected chi connectivity index (χ4v) is 4.59. The normalized spacial score (nSPS) is 12.1. The van der Waals surface area contributed by atoms with E-state index in [1.165, 1.54) is 96.3 Å². The average Bonchev–Trinajstić information content (AvgIpc) is 2.82. The summed E-state index contributed by atoms with van der Waals surface area (Å²) in [5.74, 6) is -0.678. The highest BCUT2D eigenvalue weighted by Gasteiger charge is 2.12. The molecule has 0 saturated carbocycles. The van der Waals surface area contributed by atoms with Gasteiger partial charge in [0, 0.05) is 12.8 Å². The van der Waals surface area contributed by atoms with Crippen molar-refractivity contribution in [3.63, 3.8) is 0 Å². The zero-order chi connectivity index (χ0) is 25.1. The Morgan fingerprint density at radius 2 is 0.941 bits per heavy atom. The van der Waals surface area contributed by atoms with Crippen molar-refractivity contribution >= 4 is 11.9 Å². The number of unbranched alkanes of at least 4 members (excludes halogenated alkanes) is 19. The van der Waals surface area contributed by atoms with Gasteiger partial charge in [-0.1, -0.05) is 129 Å². The van der Waals surface area contributed by atoms with Gasteiger partial charge in [0.25, 0.3) is 0 Å². The first-order valence-corrected chi connectivity index (χ1v) is 15.0. The molecule has 1 N–H and O–H groups in total. The fourth-order valence-electron chi connectivity index (χ4n) is 4.59. The topological polar surface area (TPSA) is 63.6 Å². The van der Waals surface area contributed by atoms with E-state index in [1.807, 2.05) is 0 Å². The van der Waals surface area contributed by atoms with E-state index in [2.05, 4.69) is 13.8 Å². The first kappa shape index (κ1) is 32.9. The maximum absolute atomic E-state index is 12.2. The molecule has 0 aromatic rings. The van der Waals surface area contributed by atoms with E-state index in [1.54, 1.807) is 0 Å². The Balaban J connectivity index is 3.44. The van der Waals surface area contributed by atoms with Crippen LogP contribution in [0.4, 0.5) is 0 Å². The molecule has 0 heterocycles. The lowest BCUT2D eigenvalue weighted by Crippen LogP contribution is -2.17. The summed E-state index contributed by atoms with van der Waals surface area (Å²) in [6.45, 7) is 4.39. The Bertz CT molecular complexity index is 449. The Morgan fingerprint density at radius 1 is 0.559 bits per heavy atom. The van der Waals surface area contributed by atoms with E-state index in [0.29, 0.717) is 12.8 Å². The number of aliphatic carboxylic acids is 1. The summed E-state index contributed by atoms with van der Waals surface area (Å²) in [6.07, 6.45) is 29.0. The number of rotatable bonds is 27. The quantitative estimate of drug-likeness (QED) is 0.0934. The molecule has 0 aromatic heterocycles. The molecule has 34 heavy (non-hydrogen) atoms. The molecule has 0 aliphatic heterocycles. The largest absolute Gasteiger partial charge is 0.481 e. The van der Waals surface area contributed by atoms with Gasteiger partial charge in [0.1, 0.15) is 6.10 Å². The van der Waals surface area contributed by atoms with Gasteiger partial charge in [0.2, 0.25) is 0 Å². The zero-order valence-corrected chi connectivity index (χ0v) is 22.9. The van der Waals surface area contributed by atoms with Crippen LogP contribution in [0.25, 0.3) is 0 Å². The Morgan fingerprint density at radius 3 is 1.35 bits per heavy atom. The maximum atomic E-state index is 12.2. The molecule has 0 bridgehead atoms. The third-order valence-corrected chi connectivity index (χ3v) is 6.90. The molecule has 202 valence electrons. The second-order valence-electron chi connectivity index (χ2n) is 10.3. The van der Waals surface area contributed by atoms with Crippen molar-refractivity contribution in [3.05, 3.63) is 0 Å². The molecular weight excluding hydrogens is 424 g/mol. The third-order valence-electron chi connectivity index (χ3n) is 6.90. The lowest BCUT2D eigenvalue weighted by Gasteiger charge is -2.16. The summed E-state index contributed by atoms with van der Waals surface area (Å²) in [4.78, 5) is 22.6. The first-order valence-electron chi connectivity index (χ1n) is 15.0. The molecule has 0 saturated heterocycles. The van der Waals surface area contributed by atoms with Crippen LogP contribution in [-0.4, -0.2) is 23.1 Å². The molecule has 0 amide bonds. The van der Waals surface area contributed by atoms with Gasteiger partial charge >= 0.3 is 11.9 Å². The zero-order valence-electron chi connectivity index (χ0n) is 22.9. The van der Waals surface area contributed by atoms with Crippen molar-refractivity contribution in [3.8, 4) is 0 Å². The van der Waals surface area contributed by atoms with Gasteiger partial charge in [-0.15, -0.1) is 0 Å². The number of carbonyl (C=O) groups excluding carboxylic acids is 1. The van der Waals surface area contributed by atoms with Crippen LogP contribution in [0.15, 0.2) is 0 Å². The number of carbonyl (C=O) groups is 2. The standard InChI is InChI=1S/C30H58O4/c1-3-5-6-7-8-9-10-11-15-18-21-24-27-30(33)34-28(4-2)25-22-19-16-13-12-14-17-20-23-26-29(31)32/h28H,3-27H2,1-2H3,(H,31,32). The second kappa shape index (κ2) is 26.5. The van der Waals surface area contributed by atoms with Gasteiger partial charge < -0.3 is 9.84 Å². The number of carboxylic acid groups (broad SMARTS) is 1. The summed E-state index contributed by atoms with van der Waals surface area (Å²) in [5, 5.41) is 8.62. The minimum absolute atomic E-state index is 0.00169. The molecule has 0 rings (SSSR count). The lowest BCUT2D eigenvalue weighted by atomic mass is 10.0. The number of hydrogen-bond acceptors (Lipinski definition) is 3. The smallest absolute Gasteiger partial charge is 0.306 e. The lowest BCUT2D eigenvalue weighted by molar-refractivity contribution is -0.149. The minimum atomic E-state index is -0.680. The van der Waals surface area contributed by atoms with Gasteiger partial charge in [-0.05, 0) is 32.1 Å². The molecule has 4 nitrogen and oxygen atoms in total. The number of hydrogen-bond donors (Lipinski definition) is 1.